The summed E-state index contributed by atoms with van der Waals surface area (Å²) in [5, 5.41) is 8.81. The highest BCUT2D eigenvalue weighted by atomic mass is 16.2. The lowest BCUT2D eigenvalue weighted by molar-refractivity contribution is 0.0706. The van der Waals surface area contributed by atoms with Crippen molar-refractivity contribution in [1.29, 1.82) is 0 Å². The Morgan fingerprint density at radius 2 is 2.00 bits per heavy atom. The van der Waals surface area contributed by atoms with E-state index in [0.717, 1.165) is 5.56 Å². The monoisotopic (exact) mass is 273 g/mol. The average Bonchev–Trinajstić information content (AvgIpc) is 2.43. The third-order valence-corrected chi connectivity index (χ3v) is 3.60. The molecule has 0 bridgehead atoms. The van der Waals surface area contributed by atoms with Crippen LogP contribution in [0, 0.1) is 24.7 Å². The molecule has 0 saturated heterocycles. The summed E-state index contributed by atoms with van der Waals surface area (Å²) in [5.41, 5.74) is 2.28. The summed E-state index contributed by atoms with van der Waals surface area (Å²) in [4.78, 5) is 14.4. The van der Waals surface area contributed by atoms with Crippen molar-refractivity contribution in [1.82, 2.24) is 4.90 Å². The second kappa shape index (κ2) is 7.12. The molecule has 0 aliphatic carbocycles. The fraction of sp³-hybridized carbons (Fsp3) is 0.471. The molecule has 1 aromatic carbocycles. The number of aliphatic hydroxyl groups excluding tert-OH is 1. The fourth-order valence-electron chi connectivity index (χ4n) is 1.90. The zero-order valence-corrected chi connectivity index (χ0v) is 12.9. The number of hydrogen-bond acceptors (Lipinski definition) is 2. The number of amides is 1. The average molecular weight is 273 g/mol. The van der Waals surface area contributed by atoms with Crippen molar-refractivity contribution in [3.63, 3.8) is 0 Å². The van der Waals surface area contributed by atoms with Crippen LogP contribution in [0.15, 0.2) is 18.2 Å². The molecule has 1 atom stereocenters. The van der Waals surface area contributed by atoms with Gasteiger partial charge in [-0.25, -0.2) is 0 Å². The number of benzene rings is 1. The molecule has 1 N–H and O–H groups in total. The van der Waals surface area contributed by atoms with Crippen LogP contribution in [-0.2, 0) is 0 Å². The van der Waals surface area contributed by atoms with Crippen molar-refractivity contribution in [3.8, 4) is 11.8 Å². The molecule has 3 nitrogen and oxygen atoms in total. The smallest absolute Gasteiger partial charge is 0.255 e. The van der Waals surface area contributed by atoms with Gasteiger partial charge in [-0.15, -0.1) is 0 Å². The maximum Gasteiger partial charge on any atom is 0.255 e. The van der Waals surface area contributed by atoms with Gasteiger partial charge < -0.3 is 10.0 Å². The lowest BCUT2D eigenvalue weighted by Gasteiger charge is -2.28. The molecule has 0 fully saturated rings. The summed E-state index contributed by atoms with van der Waals surface area (Å²) in [7, 11) is 1.82. The minimum atomic E-state index is -0.209. The fourth-order valence-corrected chi connectivity index (χ4v) is 1.90. The number of nitrogens with zero attached hydrogens (tertiary/aromatic N) is 1. The Morgan fingerprint density at radius 1 is 1.35 bits per heavy atom. The van der Waals surface area contributed by atoms with Crippen LogP contribution in [-0.4, -0.2) is 35.6 Å². The van der Waals surface area contributed by atoms with Crippen LogP contribution in [0.3, 0.4) is 0 Å². The molecule has 0 aliphatic heterocycles. The van der Waals surface area contributed by atoms with E-state index in [4.69, 9.17) is 5.11 Å². The Bertz CT molecular complexity index is 538. The van der Waals surface area contributed by atoms with E-state index in [1.807, 2.05) is 39.1 Å². The molecule has 1 aromatic rings. The van der Waals surface area contributed by atoms with E-state index in [2.05, 4.69) is 25.7 Å². The van der Waals surface area contributed by atoms with Crippen LogP contribution >= 0.6 is 0 Å². The summed E-state index contributed by atoms with van der Waals surface area (Å²) in [6, 6.07) is 5.76. The summed E-state index contributed by atoms with van der Waals surface area (Å²) < 4.78 is 0. The predicted molar refractivity (Wildman–Crippen MR) is 81.5 cm³/mol. The molecule has 1 unspecified atom stereocenters. The van der Waals surface area contributed by atoms with Gasteiger partial charge in [-0.3, -0.25) is 4.79 Å². The minimum absolute atomic E-state index is 0.0304. The van der Waals surface area contributed by atoms with Crippen molar-refractivity contribution in [2.45, 2.75) is 33.7 Å². The van der Waals surface area contributed by atoms with E-state index in [1.165, 1.54) is 0 Å². The Kier molecular flexibility index (Phi) is 5.79. The van der Waals surface area contributed by atoms with Crippen LogP contribution < -0.4 is 0 Å². The largest absolute Gasteiger partial charge is 0.384 e. The maximum absolute atomic E-state index is 12.6. The van der Waals surface area contributed by atoms with Gasteiger partial charge in [0.1, 0.15) is 6.61 Å². The molecule has 0 spiro atoms. The maximum atomic E-state index is 12.6. The van der Waals surface area contributed by atoms with E-state index in [1.54, 1.807) is 4.90 Å². The molecule has 20 heavy (non-hydrogen) atoms. The number of carbonyl (C=O) groups is 1. The van der Waals surface area contributed by atoms with Gasteiger partial charge in [0.2, 0.25) is 0 Å². The number of aliphatic hydroxyl groups is 1. The highest BCUT2D eigenvalue weighted by Gasteiger charge is 2.21. The molecular formula is C17H23NO2. The van der Waals surface area contributed by atoms with E-state index < -0.39 is 0 Å². The minimum Gasteiger partial charge on any atom is -0.384 e. The number of rotatable bonds is 3. The molecule has 0 saturated carbocycles. The standard InChI is InChI=1S/C17H23NO2/c1-12(2)14(4)18(5)17(20)16-11-13(3)8-9-15(16)7-6-10-19/h8-9,11-12,14,19H,10H2,1-5H3. The molecular weight excluding hydrogens is 250 g/mol. The van der Waals surface area contributed by atoms with E-state index in [9.17, 15) is 4.79 Å². The molecule has 0 radical (unpaired) electrons. The summed E-state index contributed by atoms with van der Waals surface area (Å²) in [6.07, 6.45) is 0. The van der Waals surface area contributed by atoms with E-state index >= 15 is 0 Å². The first-order chi connectivity index (χ1) is 9.38. The van der Waals surface area contributed by atoms with Gasteiger partial charge in [-0.1, -0.05) is 37.3 Å². The normalized spacial score (nSPS) is 11.8. The van der Waals surface area contributed by atoms with Gasteiger partial charge in [-0.05, 0) is 31.9 Å². The van der Waals surface area contributed by atoms with Crippen LogP contribution in [0.4, 0.5) is 0 Å². The first-order valence-corrected chi connectivity index (χ1v) is 6.86. The highest BCUT2D eigenvalue weighted by molar-refractivity contribution is 5.97. The van der Waals surface area contributed by atoms with Crippen molar-refractivity contribution >= 4 is 5.91 Å². The van der Waals surface area contributed by atoms with Crippen molar-refractivity contribution in [3.05, 3.63) is 34.9 Å². The van der Waals surface area contributed by atoms with E-state index in [-0.39, 0.29) is 18.6 Å². The van der Waals surface area contributed by atoms with E-state index in [0.29, 0.717) is 17.0 Å². The van der Waals surface area contributed by atoms with Gasteiger partial charge >= 0.3 is 0 Å². The van der Waals surface area contributed by atoms with Gasteiger partial charge in [0.05, 0.1) is 5.56 Å². The van der Waals surface area contributed by atoms with Gasteiger partial charge in [0.15, 0.2) is 0 Å². The van der Waals surface area contributed by atoms with Crippen LogP contribution in [0.1, 0.15) is 42.3 Å². The third-order valence-electron chi connectivity index (χ3n) is 3.60. The quantitative estimate of drug-likeness (QED) is 0.859. The zero-order valence-electron chi connectivity index (χ0n) is 12.9. The second-order valence-corrected chi connectivity index (χ2v) is 5.41. The number of aryl methyl sites for hydroxylation is 1. The summed E-state index contributed by atoms with van der Waals surface area (Å²) >= 11 is 0. The Morgan fingerprint density at radius 3 is 2.55 bits per heavy atom. The molecule has 0 heterocycles. The molecule has 0 aromatic heterocycles. The summed E-state index contributed by atoms with van der Waals surface area (Å²) in [6.45, 7) is 7.97. The number of hydrogen-bond donors (Lipinski definition) is 1. The van der Waals surface area contributed by atoms with Gasteiger partial charge in [0, 0.05) is 18.7 Å². The third kappa shape index (κ3) is 3.85. The highest BCUT2D eigenvalue weighted by Crippen LogP contribution is 2.17. The Balaban J connectivity index is 3.17. The van der Waals surface area contributed by atoms with Crippen molar-refractivity contribution in [2.75, 3.05) is 13.7 Å². The first kappa shape index (κ1) is 16.3. The Labute approximate surface area is 121 Å². The SMILES string of the molecule is Cc1ccc(C#CCO)c(C(=O)N(C)C(C)C(C)C)c1. The van der Waals surface area contributed by atoms with Crippen molar-refractivity contribution in [2.24, 2.45) is 5.92 Å². The second-order valence-electron chi connectivity index (χ2n) is 5.41. The molecule has 1 amide bonds. The molecule has 3 heteroatoms. The molecule has 1 rings (SSSR count). The van der Waals surface area contributed by atoms with Crippen molar-refractivity contribution < 1.29 is 9.90 Å². The van der Waals surface area contributed by atoms with Crippen LogP contribution in [0.25, 0.3) is 0 Å². The Hall–Kier alpha value is -1.79. The summed E-state index contributed by atoms with van der Waals surface area (Å²) in [5.74, 6) is 5.81. The number of carbonyl (C=O) groups excluding carboxylic acids is 1. The van der Waals surface area contributed by atoms with Gasteiger partial charge in [0.25, 0.3) is 5.91 Å². The molecule has 0 aliphatic rings. The molecule has 108 valence electrons. The van der Waals surface area contributed by atoms with Gasteiger partial charge in [-0.2, -0.15) is 0 Å². The zero-order chi connectivity index (χ0) is 15.3. The predicted octanol–water partition coefficient (Wildman–Crippen LogP) is 2.46. The first-order valence-electron chi connectivity index (χ1n) is 6.86. The van der Waals surface area contributed by atoms with Crippen LogP contribution in [0.2, 0.25) is 0 Å². The van der Waals surface area contributed by atoms with Crippen LogP contribution in [0.5, 0.6) is 0 Å². The topological polar surface area (TPSA) is 40.5 Å². The lowest BCUT2D eigenvalue weighted by Crippen LogP contribution is -2.38. The lowest BCUT2D eigenvalue weighted by atomic mass is 10.0.